The Morgan fingerprint density at radius 1 is 1.40 bits per heavy atom. The van der Waals surface area contributed by atoms with Gasteiger partial charge in [0.25, 0.3) is 0 Å². The number of nitrogens with zero attached hydrogens (tertiary/aromatic N) is 1. The van der Waals surface area contributed by atoms with Crippen molar-refractivity contribution < 1.29 is 5.11 Å². The lowest BCUT2D eigenvalue weighted by molar-refractivity contribution is 0.0789. The van der Waals surface area contributed by atoms with Crippen LogP contribution in [-0.4, -0.2) is 28.7 Å². The second-order valence-corrected chi connectivity index (χ2v) is 5.35. The average Bonchev–Trinajstić information content (AvgIpc) is 2.53. The topological polar surface area (TPSA) is 23.5 Å². The van der Waals surface area contributed by atoms with Crippen molar-refractivity contribution in [2.75, 3.05) is 13.2 Å². The molecule has 2 fully saturated rings. The van der Waals surface area contributed by atoms with E-state index in [0.717, 1.165) is 18.9 Å². The fourth-order valence-electron chi connectivity index (χ4n) is 3.30. The zero-order chi connectivity index (χ0) is 10.9. The first-order valence-electron chi connectivity index (χ1n) is 6.24. The highest BCUT2D eigenvalue weighted by molar-refractivity contribution is 5.12. The highest BCUT2D eigenvalue weighted by Crippen LogP contribution is 2.46. The molecule has 0 aromatic heterocycles. The van der Waals surface area contributed by atoms with Crippen molar-refractivity contribution in [3.63, 3.8) is 0 Å². The summed E-state index contributed by atoms with van der Waals surface area (Å²) in [5, 5.41) is 9.13. The van der Waals surface area contributed by atoms with Gasteiger partial charge in [0, 0.05) is 17.8 Å². The summed E-state index contributed by atoms with van der Waals surface area (Å²) < 4.78 is 0. The Hall–Kier alpha value is -0.500. The number of hydrogen-bond acceptors (Lipinski definition) is 2. The van der Waals surface area contributed by atoms with Gasteiger partial charge in [-0.25, -0.2) is 0 Å². The third-order valence-electron chi connectivity index (χ3n) is 4.36. The first-order chi connectivity index (χ1) is 7.18. The molecule has 1 N–H and O–H groups in total. The minimum atomic E-state index is 0.260. The number of allylic oxidation sites excluding steroid dienone is 1. The third kappa shape index (κ3) is 1.92. The molecule has 86 valence electrons. The highest BCUT2D eigenvalue weighted by Gasteiger charge is 2.43. The Kier molecular flexibility index (Phi) is 3.06. The van der Waals surface area contributed by atoms with Gasteiger partial charge in [-0.05, 0) is 44.4 Å². The lowest BCUT2D eigenvalue weighted by Gasteiger charge is -2.44. The molecule has 0 radical (unpaired) electrons. The Balaban J connectivity index is 2.09. The van der Waals surface area contributed by atoms with Gasteiger partial charge in [0.1, 0.15) is 0 Å². The van der Waals surface area contributed by atoms with Crippen LogP contribution in [0.4, 0.5) is 0 Å². The van der Waals surface area contributed by atoms with Crippen molar-refractivity contribution >= 4 is 0 Å². The quantitative estimate of drug-likeness (QED) is 0.755. The SMILES string of the molecule is C=C1CCC2(CCC(C)CC2)N1CCO. The molecule has 0 unspecified atom stereocenters. The Labute approximate surface area is 93.0 Å². The zero-order valence-corrected chi connectivity index (χ0v) is 9.84. The normalized spacial score (nSPS) is 36.5. The van der Waals surface area contributed by atoms with Crippen LogP contribution in [-0.2, 0) is 0 Å². The second-order valence-electron chi connectivity index (χ2n) is 5.35. The summed E-state index contributed by atoms with van der Waals surface area (Å²) in [4.78, 5) is 2.40. The van der Waals surface area contributed by atoms with Gasteiger partial charge < -0.3 is 10.0 Å². The molecule has 2 nitrogen and oxygen atoms in total. The summed E-state index contributed by atoms with van der Waals surface area (Å²) in [6.45, 7) is 7.54. The van der Waals surface area contributed by atoms with Crippen molar-refractivity contribution in [2.24, 2.45) is 5.92 Å². The van der Waals surface area contributed by atoms with Crippen molar-refractivity contribution in [3.8, 4) is 0 Å². The minimum Gasteiger partial charge on any atom is -0.395 e. The van der Waals surface area contributed by atoms with E-state index in [4.69, 9.17) is 5.11 Å². The molecular weight excluding hydrogens is 186 g/mol. The van der Waals surface area contributed by atoms with E-state index in [0.29, 0.717) is 5.54 Å². The molecule has 1 aliphatic heterocycles. The smallest absolute Gasteiger partial charge is 0.0606 e. The summed E-state index contributed by atoms with van der Waals surface area (Å²) in [5.74, 6) is 0.889. The molecule has 1 aliphatic carbocycles. The highest BCUT2D eigenvalue weighted by atomic mass is 16.3. The van der Waals surface area contributed by atoms with E-state index in [1.54, 1.807) is 0 Å². The molecule has 0 atom stereocenters. The van der Waals surface area contributed by atoms with E-state index < -0.39 is 0 Å². The van der Waals surface area contributed by atoms with Crippen LogP contribution in [0.1, 0.15) is 45.4 Å². The van der Waals surface area contributed by atoms with Crippen molar-refractivity contribution in [1.29, 1.82) is 0 Å². The van der Waals surface area contributed by atoms with E-state index in [9.17, 15) is 0 Å². The molecule has 1 saturated carbocycles. The molecule has 2 aliphatic rings. The molecule has 1 spiro atoms. The molecule has 2 heteroatoms. The molecule has 0 amide bonds. The average molecular weight is 209 g/mol. The van der Waals surface area contributed by atoms with E-state index in [2.05, 4.69) is 18.4 Å². The number of aliphatic hydroxyl groups excluding tert-OH is 1. The number of likely N-dealkylation sites (tertiary alicyclic amines) is 1. The maximum atomic E-state index is 9.13. The zero-order valence-electron chi connectivity index (χ0n) is 9.84. The Bertz CT molecular complexity index is 241. The van der Waals surface area contributed by atoms with Crippen LogP contribution in [0.2, 0.25) is 0 Å². The summed E-state index contributed by atoms with van der Waals surface area (Å²) in [6.07, 6.45) is 7.68. The molecule has 0 bridgehead atoms. The maximum Gasteiger partial charge on any atom is 0.0606 e. The number of aliphatic hydroxyl groups is 1. The third-order valence-corrected chi connectivity index (χ3v) is 4.36. The van der Waals surface area contributed by atoms with Crippen LogP contribution in [0.3, 0.4) is 0 Å². The number of hydrogen-bond donors (Lipinski definition) is 1. The first kappa shape index (κ1) is 11.0. The molecular formula is C13H23NO. The van der Waals surface area contributed by atoms with Crippen LogP contribution < -0.4 is 0 Å². The predicted octanol–water partition coefficient (Wildman–Crippen LogP) is 2.54. The fourth-order valence-corrected chi connectivity index (χ4v) is 3.30. The number of β-amino-alcohol motifs (C(OH)–C–C–N with tert-alkyl or cyclic N) is 1. The number of rotatable bonds is 2. The van der Waals surface area contributed by atoms with Gasteiger partial charge in [-0.3, -0.25) is 0 Å². The summed E-state index contributed by atoms with van der Waals surface area (Å²) >= 11 is 0. The van der Waals surface area contributed by atoms with Crippen molar-refractivity contribution in [3.05, 3.63) is 12.3 Å². The Morgan fingerprint density at radius 2 is 2.07 bits per heavy atom. The maximum absolute atomic E-state index is 9.13. The van der Waals surface area contributed by atoms with Crippen LogP contribution in [0.25, 0.3) is 0 Å². The van der Waals surface area contributed by atoms with Crippen LogP contribution in [0.5, 0.6) is 0 Å². The fraction of sp³-hybridized carbons (Fsp3) is 0.846. The molecule has 2 rings (SSSR count). The van der Waals surface area contributed by atoms with E-state index in [-0.39, 0.29) is 6.61 Å². The van der Waals surface area contributed by atoms with Crippen molar-refractivity contribution in [2.45, 2.75) is 51.0 Å². The lowest BCUT2D eigenvalue weighted by atomic mass is 9.75. The van der Waals surface area contributed by atoms with E-state index >= 15 is 0 Å². The van der Waals surface area contributed by atoms with Gasteiger partial charge in [0.15, 0.2) is 0 Å². The molecule has 1 saturated heterocycles. The first-order valence-corrected chi connectivity index (χ1v) is 6.24. The monoisotopic (exact) mass is 209 g/mol. The molecule has 1 heterocycles. The van der Waals surface area contributed by atoms with Gasteiger partial charge in [-0.2, -0.15) is 0 Å². The van der Waals surface area contributed by atoms with Gasteiger partial charge in [0.2, 0.25) is 0 Å². The van der Waals surface area contributed by atoms with E-state index in [1.165, 1.54) is 37.8 Å². The van der Waals surface area contributed by atoms with Gasteiger partial charge >= 0.3 is 0 Å². The summed E-state index contributed by atoms with van der Waals surface area (Å²) in [5.41, 5.74) is 1.62. The van der Waals surface area contributed by atoms with Crippen LogP contribution in [0, 0.1) is 5.92 Å². The summed E-state index contributed by atoms with van der Waals surface area (Å²) in [6, 6.07) is 0. The Morgan fingerprint density at radius 3 is 2.67 bits per heavy atom. The minimum absolute atomic E-state index is 0.260. The largest absolute Gasteiger partial charge is 0.395 e. The second kappa shape index (κ2) is 4.17. The van der Waals surface area contributed by atoms with Crippen LogP contribution in [0.15, 0.2) is 12.3 Å². The van der Waals surface area contributed by atoms with Gasteiger partial charge in [0.05, 0.1) is 6.61 Å². The van der Waals surface area contributed by atoms with Gasteiger partial charge in [-0.1, -0.05) is 13.5 Å². The van der Waals surface area contributed by atoms with Crippen LogP contribution >= 0.6 is 0 Å². The lowest BCUT2D eigenvalue weighted by Crippen LogP contribution is -2.46. The van der Waals surface area contributed by atoms with Gasteiger partial charge in [-0.15, -0.1) is 0 Å². The molecule has 15 heavy (non-hydrogen) atoms. The standard InChI is InChI=1S/C13H23NO/c1-11-3-6-13(7-4-11)8-5-12(2)14(13)9-10-15/h11,15H,2-10H2,1H3. The summed E-state index contributed by atoms with van der Waals surface area (Å²) in [7, 11) is 0. The molecule has 0 aromatic rings. The van der Waals surface area contributed by atoms with E-state index in [1.807, 2.05) is 0 Å². The van der Waals surface area contributed by atoms with Crippen molar-refractivity contribution in [1.82, 2.24) is 4.90 Å². The molecule has 0 aromatic carbocycles. The predicted molar refractivity (Wildman–Crippen MR) is 62.5 cm³/mol.